The minimum Gasteiger partial charge on any atom is -0.384 e. The van der Waals surface area contributed by atoms with E-state index in [1.165, 1.54) is 5.56 Å². The number of nitrogens with zero attached hydrogens (tertiary/aromatic N) is 2. The predicted octanol–water partition coefficient (Wildman–Crippen LogP) is 3.24. The van der Waals surface area contributed by atoms with Crippen LogP contribution in [-0.2, 0) is 11.2 Å². The maximum atomic E-state index is 12.1. The van der Waals surface area contributed by atoms with Crippen molar-refractivity contribution in [2.45, 2.75) is 12.8 Å². The monoisotopic (exact) mass is 317 g/mol. The van der Waals surface area contributed by atoms with Crippen LogP contribution >= 0.6 is 11.6 Å². The van der Waals surface area contributed by atoms with Crippen LogP contribution in [0.4, 0.5) is 5.69 Å². The van der Waals surface area contributed by atoms with Crippen molar-refractivity contribution in [2.75, 3.05) is 25.5 Å². The molecule has 1 aromatic carbocycles. The zero-order chi connectivity index (χ0) is 15.8. The molecule has 0 saturated carbocycles. The van der Waals surface area contributed by atoms with E-state index in [1.54, 1.807) is 17.3 Å². The summed E-state index contributed by atoms with van der Waals surface area (Å²) < 4.78 is 0. The van der Waals surface area contributed by atoms with E-state index < -0.39 is 0 Å². The number of pyridine rings is 1. The Hall–Kier alpha value is -2.07. The smallest absolute Gasteiger partial charge is 0.224 e. The van der Waals surface area contributed by atoms with Crippen molar-refractivity contribution in [3.63, 3.8) is 0 Å². The van der Waals surface area contributed by atoms with Gasteiger partial charge in [-0.05, 0) is 42.3 Å². The van der Waals surface area contributed by atoms with Crippen LogP contribution in [0.25, 0.3) is 0 Å². The molecule has 5 heteroatoms. The second kappa shape index (κ2) is 8.39. The normalized spacial score (nSPS) is 10.3. The molecule has 0 aliphatic rings. The van der Waals surface area contributed by atoms with Gasteiger partial charge in [0, 0.05) is 49.7 Å². The van der Waals surface area contributed by atoms with Crippen LogP contribution in [0, 0.1) is 0 Å². The van der Waals surface area contributed by atoms with Gasteiger partial charge in [0.05, 0.1) is 0 Å². The van der Waals surface area contributed by atoms with Crippen LogP contribution in [-0.4, -0.2) is 35.9 Å². The van der Waals surface area contributed by atoms with Gasteiger partial charge in [-0.15, -0.1) is 0 Å². The fourth-order valence-electron chi connectivity index (χ4n) is 2.07. The fourth-order valence-corrected chi connectivity index (χ4v) is 2.26. The molecule has 0 radical (unpaired) electrons. The highest BCUT2D eigenvalue weighted by atomic mass is 35.5. The molecule has 0 aliphatic heterocycles. The number of nitrogens with one attached hydrogen (secondary N) is 1. The van der Waals surface area contributed by atoms with Gasteiger partial charge in [0.1, 0.15) is 0 Å². The van der Waals surface area contributed by atoms with Gasteiger partial charge in [-0.3, -0.25) is 9.78 Å². The minimum atomic E-state index is 0.128. The number of carbonyl (C=O) groups is 1. The second-order valence-corrected chi connectivity index (χ2v) is 5.54. The van der Waals surface area contributed by atoms with Crippen molar-refractivity contribution in [3.8, 4) is 0 Å². The maximum Gasteiger partial charge on any atom is 0.224 e. The second-order valence-electron chi connectivity index (χ2n) is 5.11. The topological polar surface area (TPSA) is 45.2 Å². The summed E-state index contributed by atoms with van der Waals surface area (Å²) in [6.45, 7) is 1.30. The van der Waals surface area contributed by atoms with E-state index in [4.69, 9.17) is 11.6 Å². The van der Waals surface area contributed by atoms with Gasteiger partial charge in [-0.2, -0.15) is 0 Å². The molecule has 1 N–H and O–H groups in total. The molecule has 1 amide bonds. The number of likely N-dealkylation sites (N-methyl/N-ethyl adjacent to an activating group) is 1. The van der Waals surface area contributed by atoms with Crippen LogP contribution in [0.15, 0.2) is 48.8 Å². The zero-order valence-electron chi connectivity index (χ0n) is 12.6. The molecule has 0 atom stereocenters. The summed E-state index contributed by atoms with van der Waals surface area (Å²) >= 11 is 5.92. The Morgan fingerprint density at radius 3 is 2.77 bits per heavy atom. The molecule has 0 fully saturated rings. The van der Waals surface area contributed by atoms with E-state index >= 15 is 0 Å². The van der Waals surface area contributed by atoms with Crippen LogP contribution in [0.2, 0.25) is 5.02 Å². The lowest BCUT2D eigenvalue weighted by molar-refractivity contribution is -0.129. The van der Waals surface area contributed by atoms with E-state index in [0.29, 0.717) is 24.5 Å². The number of hydrogen-bond acceptors (Lipinski definition) is 3. The van der Waals surface area contributed by atoms with Crippen molar-refractivity contribution in [3.05, 3.63) is 59.4 Å². The van der Waals surface area contributed by atoms with Crippen molar-refractivity contribution in [2.24, 2.45) is 0 Å². The highest BCUT2D eigenvalue weighted by Crippen LogP contribution is 2.14. The predicted molar refractivity (Wildman–Crippen MR) is 90.1 cm³/mol. The number of hydrogen-bond donors (Lipinski definition) is 1. The first kappa shape index (κ1) is 16.3. The Balaban J connectivity index is 1.70. The number of halogens is 1. The molecule has 4 nitrogen and oxygen atoms in total. The quantitative estimate of drug-likeness (QED) is 0.852. The minimum absolute atomic E-state index is 0.128. The van der Waals surface area contributed by atoms with Gasteiger partial charge < -0.3 is 10.2 Å². The summed E-state index contributed by atoms with van der Waals surface area (Å²) in [5, 5.41) is 3.89. The van der Waals surface area contributed by atoms with Crippen molar-refractivity contribution in [1.82, 2.24) is 9.88 Å². The summed E-state index contributed by atoms with van der Waals surface area (Å²) in [7, 11) is 1.84. The largest absolute Gasteiger partial charge is 0.384 e. The van der Waals surface area contributed by atoms with Crippen LogP contribution in [0.1, 0.15) is 12.0 Å². The maximum absolute atomic E-state index is 12.1. The molecule has 116 valence electrons. The number of aromatic nitrogens is 1. The number of rotatable bonds is 7. The molecule has 0 unspecified atom stereocenters. The molecule has 2 rings (SSSR count). The number of amides is 1. The van der Waals surface area contributed by atoms with Gasteiger partial charge in [-0.1, -0.05) is 17.7 Å². The van der Waals surface area contributed by atoms with Gasteiger partial charge in [0.15, 0.2) is 0 Å². The molecule has 2 aromatic rings. The summed E-state index contributed by atoms with van der Waals surface area (Å²) in [4.78, 5) is 17.8. The number of carbonyl (C=O) groups excluding carboxylic acids is 1. The lowest BCUT2D eigenvalue weighted by Gasteiger charge is -2.17. The van der Waals surface area contributed by atoms with E-state index in [9.17, 15) is 4.79 Å². The van der Waals surface area contributed by atoms with E-state index in [-0.39, 0.29) is 5.91 Å². The molecule has 0 aliphatic carbocycles. The Bertz CT molecular complexity index is 604. The molecule has 0 spiro atoms. The summed E-state index contributed by atoms with van der Waals surface area (Å²) in [6.07, 6.45) is 4.84. The average Bonchev–Trinajstić information content (AvgIpc) is 2.53. The zero-order valence-corrected chi connectivity index (χ0v) is 13.4. The first-order chi connectivity index (χ1) is 10.6. The first-order valence-corrected chi connectivity index (χ1v) is 7.65. The van der Waals surface area contributed by atoms with Gasteiger partial charge in [0.25, 0.3) is 0 Å². The van der Waals surface area contributed by atoms with Gasteiger partial charge in [-0.25, -0.2) is 0 Å². The lowest BCUT2D eigenvalue weighted by atomic mass is 10.2. The van der Waals surface area contributed by atoms with E-state index in [2.05, 4.69) is 10.3 Å². The summed E-state index contributed by atoms with van der Waals surface area (Å²) in [5.74, 6) is 0.128. The summed E-state index contributed by atoms with van der Waals surface area (Å²) in [5.41, 5.74) is 2.12. The molecular formula is C17H20ClN3O. The number of anilines is 1. The Kier molecular flexibility index (Phi) is 6.22. The Morgan fingerprint density at radius 1 is 1.27 bits per heavy atom. The summed E-state index contributed by atoms with van der Waals surface area (Å²) in [6, 6.07) is 11.4. The molecule has 0 bridgehead atoms. The molecule has 1 heterocycles. The van der Waals surface area contributed by atoms with E-state index in [1.807, 2.05) is 43.4 Å². The van der Waals surface area contributed by atoms with Crippen LogP contribution in [0.5, 0.6) is 0 Å². The van der Waals surface area contributed by atoms with Gasteiger partial charge in [0.2, 0.25) is 5.91 Å². The van der Waals surface area contributed by atoms with Crippen LogP contribution in [0.3, 0.4) is 0 Å². The standard InChI is InChI=1S/C17H20ClN3O/c1-21(12-8-14-5-9-19-10-6-14)17(22)7-11-20-16-4-2-3-15(18)13-16/h2-6,9-10,13,20H,7-8,11-12H2,1H3. The highest BCUT2D eigenvalue weighted by molar-refractivity contribution is 6.30. The third-order valence-corrected chi connectivity index (χ3v) is 3.64. The molecule has 22 heavy (non-hydrogen) atoms. The SMILES string of the molecule is CN(CCc1ccncc1)C(=O)CCNc1cccc(Cl)c1. The van der Waals surface area contributed by atoms with E-state index in [0.717, 1.165) is 12.1 Å². The van der Waals surface area contributed by atoms with Gasteiger partial charge >= 0.3 is 0 Å². The molecular weight excluding hydrogens is 298 g/mol. The lowest BCUT2D eigenvalue weighted by Crippen LogP contribution is -2.30. The van der Waals surface area contributed by atoms with Crippen molar-refractivity contribution >= 4 is 23.2 Å². The number of benzene rings is 1. The van der Waals surface area contributed by atoms with Crippen molar-refractivity contribution < 1.29 is 4.79 Å². The average molecular weight is 318 g/mol. The first-order valence-electron chi connectivity index (χ1n) is 7.27. The molecule has 1 aromatic heterocycles. The Morgan fingerprint density at radius 2 is 2.05 bits per heavy atom. The van der Waals surface area contributed by atoms with Crippen LogP contribution < -0.4 is 5.32 Å². The third kappa shape index (κ3) is 5.37. The highest BCUT2D eigenvalue weighted by Gasteiger charge is 2.08. The Labute approximate surface area is 136 Å². The molecule has 0 saturated heterocycles. The third-order valence-electron chi connectivity index (χ3n) is 3.40. The van der Waals surface area contributed by atoms with Crippen molar-refractivity contribution in [1.29, 1.82) is 0 Å². The fraction of sp³-hybridized carbons (Fsp3) is 0.294.